The van der Waals surface area contributed by atoms with E-state index in [0.29, 0.717) is 33.5 Å². The third-order valence-electron chi connectivity index (χ3n) is 8.16. The Kier molecular flexibility index (Phi) is 9.71. The minimum atomic E-state index is -3.98. The average Bonchev–Trinajstić information content (AvgIpc) is 3.04. The summed E-state index contributed by atoms with van der Waals surface area (Å²) in [6.45, 7) is 6.81. The second-order valence-corrected chi connectivity index (χ2v) is 12.8. The first-order valence-electron chi connectivity index (χ1n) is 15.0. The van der Waals surface area contributed by atoms with Gasteiger partial charge in [0.15, 0.2) is 4.77 Å². The molecule has 250 valence electrons. The molecular formula is C34H34N4O8S2. The van der Waals surface area contributed by atoms with Gasteiger partial charge in [-0.1, -0.05) is 30.3 Å². The van der Waals surface area contributed by atoms with Crippen LogP contribution in [0.4, 0.5) is 0 Å². The van der Waals surface area contributed by atoms with E-state index in [-0.39, 0.29) is 46.4 Å². The lowest BCUT2D eigenvalue weighted by molar-refractivity contribution is -0.139. The van der Waals surface area contributed by atoms with Gasteiger partial charge in [0.1, 0.15) is 12.4 Å². The smallest absolute Gasteiger partial charge is 0.336 e. The van der Waals surface area contributed by atoms with Gasteiger partial charge < -0.3 is 19.5 Å². The summed E-state index contributed by atoms with van der Waals surface area (Å²) in [6, 6.07) is 18.7. The first kappa shape index (κ1) is 34.3. The number of hydrogen-bond acceptors (Lipinski definition) is 10. The van der Waals surface area contributed by atoms with Crippen molar-refractivity contribution in [3.05, 3.63) is 116 Å². The summed E-state index contributed by atoms with van der Waals surface area (Å²) in [7, 11) is -3.98. The first-order valence-corrected chi connectivity index (χ1v) is 17.0. The maximum absolute atomic E-state index is 13.8. The largest absolute Gasteiger partial charge is 0.508 e. The van der Waals surface area contributed by atoms with Crippen LogP contribution in [-0.2, 0) is 35.8 Å². The second-order valence-electron chi connectivity index (χ2n) is 10.9. The maximum atomic E-state index is 13.8. The standard InChI is InChI=1S/C34H34N4O8S2/c1-5-45-32(41)28-20(3)36(21(4)29(33(42)46-6-2)30(28)25-12-8-10-14-27(25)39)19-37-26-13-9-7-11-24(26)31(40)38(34(37)47)22-15-17-23(18-16-22)48(35,43)44/h7-18,30,39H,5-6,19H2,1-4H3,(H2,35,43,44). The summed E-state index contributed by atoms with van der Waals surface area (Å²) < 4.78 is 37.7. The zero-order valence-electron chi connectivity index (χ0n) is 26.7. The lowest BCUT2D eigenvalue weighted by atomic mass is 9.79. The molecule has 0 saturated carbocycles. The van der Waals surface area contributed by atoms with Crippen LogP contribution in [0.25, 0.3) is 16.6 Å². The van der Waals surface area contributed by atoms with Gasteiger partial charge in [0.25, 0.3) is 5.56 Å². The third kappa shape index (κ3) is 6.17. The van der Waals surface area contributed by atoms with Gasteiger partial charge in [-0.15, -0.1) is 0 Å². The van der Waals surface area contributed by atoms with E-state index in [2.05, 4.69) is 0 Å². The monoisotopic (exact) mass is 690 g/mol. The number of sulfonamides is 1. The number of benzene rings is 3. The van der Waals surface area contributed by atoms with E-state index in [1.165, 1.54) is 34.9 Å². The fourth-order valence-electron chi connectivity index (χ4n) is 5.92. The normalized spacial score (nSPS) is 14.1. The molecule has 12 nitrogen and oxygen atoms in total. The molecule has 4 aromatic rings. The molecule has 0 radical (unpaired) electrons. The number of carbonyl (C=O) groups excluding carboxylic acids is 2. The van der Waals surface area contributed by atoms with Crippen LogP contribution in [0.15, 0.2) is 105 Å². The predicted octanol–water partition coefficient (Wildman–Crippen LogP) is 4.61. The molecule has 48 heavy (non-hydrogen) atoms. The van der Waals surface area contributed by atoms with Crippen molar-refractivity contribution < 1.29 is 32.6 Å². The fourth-order valence-corrected chi connectivity index (χ4v) is 6.78. The van der Waals surface area contributed by atoms with E-state index in [9.17, 15) is 27.9 Å². The van der Waals surface area contributed by atoms with Crippen molar-refractivity contribution in [2.75, 3.05) is 13.2 Å². The molecule has 3 N–H and O–H groups in total. The number of para-hydroxylation sites is 2. The number of esters is 2. The molecule has 0 aliphatic carbocycles. The van der Waals surface area contributed by atoms with Gasteiger partial charge >= 0.3 is 11.9 Å². The Bertz CT molecular complexity index is 2190. The highest BCUT2D eigenvalue weighted by Gasteiger charge is 2.41. The van der Waals surface area contributed by atoms with Crippen LogP contribution in [-0.4, -0.2) is 52.7 Å². The maximum Gasteiger partial charge on any atom is 0.336 e. The molecule has 2 heterocycles. The number of nitrogens with zero attached hydrogens (tertiary/aromatic N) is 3. The van der Waals surface area contributed by atoms with Crippen molar-refractivity contribution >= 4 is 45.1 Å². The minimum Gasteiger partial charge on any atom is -0.508 e. The Hall–Kier alpha value is -5.05. The Morgan fingerprint density at radius 2 is 1.42 bits per heavy atom. The molecule has 0 fully saturated rings. The first-order chi connectivity index (χ1) is 22.8. The highest BCUT2D eigenvalue weighted by Crippen LogP contribution is 2.45. The number of hydrogen-bond donors (Lipinski definition) is 2. The summed E-state index contributed by atoms with van der Waals surface area (Å²) in [5, 5.41) is 16.5. The van der Waals surface area contributed by atoms with E-state index in [4.69, 9.17) is 26.8 Å². The molecule has 3 aromatic carbocycles. The van der Waals surface area contributed by atoms with E-state index >= 15 is 0 Å². The molecule has 0 spiro atoms. The number of phenols is 1. The number of fused-ring (bicyclic) bond motifs is 1. The molecule has 5 rings (SSSR count). The Labute approximate surface area is 282 Å². The minimum absolute atomic E-state index is 0.0563. The van der Waals surface area contributed by atoms with Gasteiger partial charge in [-0.3, -0.25) is 13.9 Å². The molecule has 1 aromatic heterocycles. The van der Waals surface area contributed by atoms with E-state index in [1.54, 1.807) is 79.6 Å². The second kappa shape index (κ2) is 13.6. The number of primary sulfonamides is 1. The Morgan fingerprint density at radius 1 is 0.875 bits per heavy atom. The Morgan fingerprint density at radius 3 is 1.96 bits per heavy atom. The molecule has 1 aliphatic heterocycles. The molecule has 1 aliphatic rings. The van der Waals surface area contributed by atoms with Crippen molar-refractivity contribution in [2.24, 2.45) is 5.14 Å². The zero-order chi connectivity index (χ0) is 34.9. The number of carbonyl (C=O) groups is 2. The number of aromatic hydroxyl groups is 1. The third-order valence-corrected chi connectivity index (χ3v) is 9.49. The lowest BCUT2D eigenvalue weighted by Crippen LogP contribution is -2.37. The highest BCUT2D eigenvalue weighted by molar-refractivity contribution is 7.89. The molecule has 0 unspecified atom stereocenters. The summed E-state index contributed by atoms with van der Waals surface area (Å²) >= 11 is 5.91. The molecule has 14 heteroatoms. The van der Waals surface area contributed by atoms with Crippen LogP contribution >= 0.6 is 12.2 Å². The van der Waals surface area contributed by atoms with Crippen LogP contribution in [0.5, 0.6) is 5.75 Å². The topological polar surface area (TPSA) is 163 Å². The average molecular weight is 691 g/mol. The van der Waals surface area contributed by atoms with E-state index < -0.39 is 33.4 Å². The van der Waals surface area contributed by atoms with Gasteiger partial charge in [-0.05, 0) is 82.4 Å². The summed E-state index contributed by atoms with van der Waals surface area (Å²) in [6.07, 6.45) is 0. The number of aromatic nitrogens is 2. The van der Waals surface area contributed by atoms with E-state index in [0.717, 1.165) is 0 Å². The van der Waals surface area contributed by atoms with Gasteiger partial charge in [0, 0.05) is 17.0 Å². The number of rotatable bonds is 9. The van der Waals surface area contributed by atoms with Crippen molar-refractivity contribution in [1.29, 1.82) is 0 Å². The van der Waals surface area contributed by atoms with Crippen molar-refractivity contribution in [1.82, 2.24) is 14.0 Å². The van der Waals surface area contributed by atoms with Crippen molar-refractivity contribution in [2.45, 2.75) is 45.2 Å². The van der Waals surface area contributed by atoms with Crippen molar-refractivity contribution in [3.8, 4) is 11.4 Å². The van der Waals surface area contributed by atoms with Crippen LogP contribution < -0.4 is 10.7 Å². The summed E-state index contributed by atoms with van der Waals surface area (Å²) in [5.41, 5.74) is 1.75. The van der Waals surface area contributed by atoms with Gasteiger partial charge in [0.2, 0.25) is 10.0 Å². The number of ether oxygens (including phenoxy) is 2. The summed E-state index contributed by atoms with van der Waals surface area (Å²) in [4.78, 5) is 42.8. The number of allylic oxidation sites excluding steroid dienone is 2. The molecular weight excluding hydrogens is 657 g/mol. The predicted molar refractivity (Wildman–Crippen MR) is 181 cm³/mol. The van der Waals surface area contributed by atoms with Gasteiger partial charge in [-0.25, -0.2) is 23.1 Å². The molecule has 0 amide bonds. The van der Waals surface area contributed by atoms with Crippen LogP contribution in [0.3, 0.4) is 0 Å². The zero-order valence-corrected chi connectivity index (χ0v) is 28.3. The van der Waals surface area contributed by atoms with Gasteiger partial charge in [0.05, 0.1) is 51.8 Å². The number of nitrogens with two attached hydrogens (primary N) is 1. The van der Waals surface area contributed by atoms with Gasteiger partial charge in [-0.2, -0.15) is 0 Å². The Balaban J connectivity index is 1.79. The molecule has 0 saturated heterocycles. The van der Waals surface area contributed by atoms with Crippen LogP contribution in [0.1, 0.15) is 39.2 Å². The summed E-state index contributed by atoms with van der Waals surface area (Å²) in [5.74, 6) is -2.50. The van der Waals surface area contributed by atoms with E-state index in [1.807, 2.05) is 0 Å². The van der Waals surface area contributed by atoms with Crippen molar-refractivity contribution in [3.63, 3.8) is 0 Å². The van der Waals surface area contributed by atoms with Crippen LogP contribution in [0, 0.1) is 4.77 Å². The molecule has 0 bridgehead atoms. The SMILES string of the molecule is CCOC(=O)C1=C(C)N(Cn2c(=S)n(-c3ccc(S(N)(=O)=O)cc3)c(=O)c3ccccc32)C(C)=C(C(=O)OCC)C1c1ccccc1O. The molecule has 0 atom stereocenters. The fraction of sp³-hybridized carbons (Fsp3) is 0.235. The number of phenolic OH excluding ortho intramolecular Hbond substituents is 1. The lowest BCUT2D eigenvalue weighted by Gasteiger charge is -2.38. The quantitative estimate of drug-likeness (QED) is 0.187. The van der Waals surface area contributed by atoms with Crippen LogP contribution in [0.2, 0.25) is 0 Å². The highest BCUT2D eigenvalue weighted by atomic mass is 32.2.